The Balaban J connectivity index is 1.49. The summed E-state index contributed by atoms with van der Waals surface area (Å²) in [6, 6.07) is 19.0. The zero-order chi connectivity index (χ0) is 23.9. The fourth-order valence-corrected chi connectivity index (χ4v) is 4.00. The highest BCUT2D eigenvalue weighted by Crippen LogP contribution is 2.26. The molecule has 0 spiro atoms. The molecule has 178 valence electrons. The van der Waals surface area contributed by atoms with Gasteiger partial charge in [-0.25, -0.2) is 9.48 Å². The summed E-state index contributed by atoms with van der Waals surface area (Å²) in [6.07, 6.45) is 1.38. The number of benzene rings is 2. The van der Waals surface area contributed by atoms with Crippen molar-refractivity contribution < 1.29 is 23.8 Å². The van der Waals surface area contributed by atoms with E-state index in [0.29, 0.717) is 13.2 Å². The summed E-state index contributed by atoms with van der Waals surface area (Å²) >= 11 is 0. The predicted molar refractivity (Wildman–Crippen MR) is 125 cm³/mol. The first-order valence-corrected chi connectivity index (χ1v) is 11.4. The van der Waals surface area contributed by atoms with Gasteiger partial charge in [0.05, 0.1) is 31.5 Å². The molecule has 1 aliphatic heterocycles. The van der Waals surface area contributed by atoms with Crippen molar-refractivity contribution in [3.63, 3.8) is 0 Å². The van der Waals surface area contributed by atoms with Gasteiger partial charge in [0.25, 0.3) is 5.91 Å². The van der Waals surface area contributed by atoms with Crippen molar-refractivity contribution in [2.75, 3.05) is 19.8 Å². The Hall–Kier alpha value is -3.49. The number of nitrogens with zero attached hydrogens (tertiary/aromatic N) is 3. The Kier molecular flexibility index (Phi) is 7.72. The Morgan fingerprint density at radius 2 is 1.91 bits per heavy atom. The van der Waals surface area contributed by atoms with E-state index >= 15 is 0 Å². The molecule has 0 aliphatic carbocycles. The molecule has 34 heavy (non-hydrogen) atoms. The number of rotatable bonds is 9. The molecule has 0 saturated carbocycles. The minimum atomic E-state index is -1.15. The first-order chi connectivity index (χ1) is 16.6. The minimum Gasteiger partial charge on any atom is -0.464 e. The van der Waals surface area contributed by atoms with Crippen LogP contribution in [0.1, 0.15) is 31.0 Å². The molecule has 0 N–H and O–H groups in total. The lowest BCUT2D eigenvalue weighted by Crippen LogP contribution is -2.55. The molecule has 0 unspecified atom stereocenters. The smallest absolute Gasteiger partial charge is 0.338 e. The number of amides is 1. The standard InChI is InChI=1S/C26H29N3O5/c1-3-32-26(31)24(34-18-20-8-5-4-6-9-20)23-25(30)28(16-17-33-23)19(2)21-10-12-22(13-11-21)29-15-7-14-27-29/h4-15,19,23-24H,3,16-18H2,1-2H3/t19-,23-,24-/m1/s1. The molecular weight excluding hydrogens is 434 g/mol. The first-order valence-electron chi connectivity index (χ1n) is 11.4. The van der Waals surface area contributed by atoms with E-state index in [4.69, 9.17) is 14.2 Å². The average molecular weight is 464 g/mol. The SMILES string of the molecule is CCOC(=O)[C@H](OCc1ccccc1)[C@H]1OCCN([C@H](C)c2ccc(-n3cccn3)cc2)C1=O. The lowest BCUT2D eigenvalue weighted by Gasteiger charge is -2.38. The summed E-state index contributed by atoms with van der Waals surface area (Å²) < 4.78 is 18.6. The molecule has 4 rings (SSSR count). The summed E-state index contributed by atoms with van der Waals surface area (Å²) in [5.74, 6) is -0.893. The van der Waals surface area contributed by atoms with E-state index < -0.39 is 18.2 Å². The summed E-state index contributed by atoms with van der Waals surface area (Å²) in [5.41, 5.74) is 2.80. The van der Waals surface area contributed by atoms with Crippen LogP contribution in [0.25, 0.3) is 5.69 Å². The molecular formula is C26H29N3O5. The number of hydrogen-bond acceptors (Lipinski definition) is 6. The number of morpholine rings is 1. The van der Waals surface area contributed by atoms with E-state index in [0.717, 1.165) is 16.8 Å². The maximum atomic E-state index is 13.5. The number of esters is 1. The van der Waals surface area contributed by atoms with Gasteiger partial charge in [0.15, 0.2) is 12.2 Å². The van der Waals surface area contributed by atoms with E-state index in [1.54, 1.807) is 22.7 Å². The van der Waals surface area contributed by atoms with Gasteiger partial charge in [-0.2, -0.15) is 5.10 Å². The third kappa shape index (κ3) is 5.35. The van der Waals surface area contributed by atoms with Gasteiger partial charge in [0, 0.05) is 18.9 Å². The van der Waals surface area contributed by atoms with Crippen molar-refractivity contribution in [3.8, 4) is 5.69 Å². The highest BCUT2D eigenvalue weighted by molar-refractivity contribution is 5.89. The molecule has 0 bridgehead atoms. The van der Waals surface area contributed by atoms with Gasteiger partial charge in [-0.1, -0.05) is 42.5 Å². The van der Waals surface area contributed by atoms with Crippen molar-refractivity contribution in [1.82, 2.24) is 14.7 Å². The van der Waals surface area contributed by atoms with Crippen LogP contribution in [0.15, 0.2) is 73.1 Å². The van der Waals surface area contributed by atoms with Crippen LogP contribution in [0.5, 0.6) is 0 Å². The molecule has 8 heteroatoms. The predicted octanol–water partition coefficient (Wildman–Crippen LogP) is 3.31. The maximum absolute atomic E-state index is 13.5. The van der Waals surface area contributed by atoms with Gasteiger partial charge in [-0.3, -0.25) is 4.79 Å². The van der Waals surface area contributed by atoms with Crippen molar-refractivity contribution in [2.24, 2.45) is 0 Å². The van der Waals surface area contributed by atoms with Crippen molar-refractivity contribution >= 4 is 11.9 Å². The van der Waals surface area contributed by atoms with Crippen LogP contribution >= 0.6 is 0 Å². The van der Waals surface area contributed by atoms with Gasteiger partial charge in [0.2, 0.25) is 0 Å². The summed E-state index contributed by atoms with van der Waals surface area (Å²) in [5, 5.41) is 4.24. The van der Waals surface area contributed by atoms with Crippen molar-refractivity contribution in [3.05, 3.63) is 84.2 Å². The lowest BCUT2D eigenvalue weighted by molar-refractivity contribution is -0.186. The zero-order valence-corrected chi connectivity index (χ0v) is 19.4. The first kappa shape index (κ1) is 23.7. The molecule has 1 fully saturated rings. The number of hydrogen-bond donors (Lipinski definition) is 0. The van der Waals surface area contributed by atoms with Crippen LogP contribution in [-0.2, 0) is 30.4 Å². The molecule has 3 atom stereocenters. The van der Waals surface area contributed by atoms with E-state index in [1.165, 1.54) is 0 Å². The number of ether oxygens (including phenoxy) is 3. The fourth-order valence-electron chi connectivity index (χ4n) is 4.00. The van der Waals surface area contributed by atoms with Crippen LogP contribution < -0.4 is 0 Å². The summed E-state index contributed by atoms with van der Waals surface area (Å²) in [6.45, 7) is 4.77. The second-order valence-electron chi connectivity index (χ2n) is 8.01. The minimum absolute atomic E-state index is 0.169. The van der Waals surface area contributed by atoms with Gasteiger partial charge in [-0.05, 0) is 43.2 Å². The molecule has 3 aromatic rings. The number of aromatic nitrogens is 2. The Bertz CT molecular complexity index is 1070. The monoisotopic (exact) mass is 463 g/mol. The average Bonchev–Trinajstić information content (AvgIpc) is 3.41. The lowest BCUT2D eigenvalue weighted by atomic mass is 10.0. The second-order valence-corrected chi connectivity index (χ2v) is 8.01. The Morgan fingerprint density at radius 3 is 2.59 bits per heavy atom. The topological polar surface area (TPSA) is 82.9 Å². The summed E-state index contributed by atoms with van der Waals surface area (Å²) in [4.78, 5) is 27.9. The number of carbonyl (C=O) groups excluding carboxylic acids is 2. The van der Waals surface area contributed by atoms with Crippen LogP contribution in [0.4, 0.5) is 0 Å². The van der Waals surface area contributed by atoms with E-state index in [-0.39, 0.29) is 25.2 Å². The number of carbonyl (C=O) groups is 2. The van der Waals surface area contributed by atoms with E-state index in [1.807, 2.05) is 73.8 Å². The Labute approximate surface area is 199 Å². The third-order valence-corrected chi connectivity index (χ3v) is 5.83. The molecule has 8 nitrogen and oxygen atoms in total. The fraction of sp³-hybridized carbons (Fsp3) is 0.346. The van der Waals surface area contributed by atoms with Crippen LogP contribution in [0.3, 0.4) is 0 Å². The van der Waals surface area contributed by atoms with Gasteiger partial charge in [-0.15, -0.1) is 0 Å². The van der Waals surface area contributed by atoms with Crippen LogP contribution in [0.2, 0.25) is 0 Å². The van der Waals surface area contributed by atoms with Gasteiger partial charge in [0.1, 0.15) is 0 Å². The quantitative estimate of drug-likeness (QED) is 0.453. The van der Waals surface area contributed by atoms with Crippen LogP contribution in [-0.4, -0.2) is 58.5 Å². The van der Waals surface area contributed by atoms with E-state index in [9.17, 15) is 9.59 Å². The van der Waals surface area contributed by atoms with Gasteiger partial charge >= 0.3 is 5.97 Å². The Morgan fingerprint density at radius 1 is 1.15 bits per heavy atom. The molecule has 1 amide bonds. The molecule has 1 saturated heterocycles. The molecule has 2 heterocycles. The molecule has 1 aliphatic rings. The highest BCUT2D eigenvalue weighted by Gasteiger charge is 2.43. The van der Waals surface area contributed by atoms with Gasteiger partial charge < -0.3 is 19.1 Å². The third-order valence-electron chi connectivity index (χ3n) is 5.83. The van der Waals surface area contributed by atoms with Crippen molar-refractivity contribution in [1.29, 1.82) is 0 Å². The van der Waals surface area contributed by atoms with Crippen molar-refractivity contribution in [2.45, 2.75) is 38.7 Å². The second kappa shape index (κ2) is 11.1. The highest BCUT2D eigenvalue weighted by atomic mass is 16.6. The molecule has 0 radical (unpaired) electrons. The van der Waals surface area contributed by atoms with E-state index in [2.05, 4.69) is 5.10 Å². The normalized spacial score (nSPS) is 17.9. The maximum Gasteiger partial charge on any atom is 0.338 e. The molecule has 1 aromatic heterocycles. The largest absolute Gasteiger partial charge is 0.464 e. The molecule has 2 aromatic carbocycles. The van der Waals surface area contributed by atoms with Crippen LogP contribution in [0, 0.1) is 0 Å². The summed E-state index contributed by atoms with van der Waals surface area (Å²) in [7, 11) is 0. The zero-order valence-electron chi connectivity index (χ0n) is 19.4.